The van der Waals surface area contributed by atoms with Crippen molar-refractivity contribution in [2.75, 3.05) is 47.0 Å². The van der Waals surface area contributed by atoms with Gasteiger partial charge in [0.2, 0.25) is 5.91 Å². The lowest BCUT2D eigenvalue weighted by molar-refractivity contribution is -0.128. The van der Waals surface area contributed by atoms with Crippen LogP contribution < -0.4 is 10.6 Å². The van der Waals surface area contributed by atoms with Gasteiger partial charge < -0.3 is 20.3 Å². The Labute approximate surface area is 192 Å². The van der Waals surface area contributed by atoms with Crippen molar-refractivity contribution in [1.82, 2.24) is 20.4 Å². The van der Waals surface area contributed by atoms with Gasteiger partial charge in [0, 0.05) is 32.8 Å². The van der Waals surface area contributed by atoms with Crippen LogP contribution in [0.2, 0.25) is 0 Å². The third kappa shape index (κ3) is 6.98. The second-order valence-electron chi connectivity index (χ2n) is 9.39. The molecule has 1 aromatic rings. The molecular weight excluding hydrogens is 407 g/mol. The van der Waals surface area contributed by atoms with E-state index in [1.165, 1.54) is 0 Å². The van der Waals surface area contributed by atoms with Crippen molar-refractivity contribution in [2.45, 2.75) is 69.6 Å². The molecule has 2 atom stereocenters. The van der Waals surface area contributed by atoms with Crippen LogP contribution in [0.4, 0.5) is 4.39 Å². The van der Waals surface area contributed by atoms with Crippen LogP contribution in [0.25, 0.3) is 0 Å². The molecule has 2 unspecified atom stereocenters. The number of likely N-dealkylation sites (tertiary alicyclic amines) is 1. The third-order valence-electron chi connectivity index (χ3n) is 7.00. The first-order valence-electron chi connectivity index (χ1n) is 12.2. The van der Waals surface area contributed by atoms with E-state index in [4.69, 9.17) is 4.74 Å². The molecular formula is C25H41FN4O2. The van der Waals surface area contributed by atoms with Crippen molar-refractivity contribution < 1.29 is 13.9 Å². The van der Waals surface area contributed by atoms with Crippen LogP contribution in [0.5, 0.6) is 0 Å². The van der Waals surface area contributed by atoms with Crippen LogP contribution in [0.15, 0.2) is 24.3 Å². The zero-order chi connectivity index (χ0) is 22.9. The molecule has 0 bridgehead atoms. The molecule has 7 heteroatoms. The summed E-state index contributed by atoms with van der Waals surface area (Å²) >= 11 is 0. The van der Waals surface area contributed by atoms with Crippen molar-refractivity contribution in [3.05, 3.63) is 35.6 Å². The summed E-state index contributed by atoms with van der Waals surface area (Å²) < 4.78 is 20.6. The van der Waals surface area contributed by atoms with Gasteiger partial charge in [0.1, 0.15) is 5.82 Å². The van der Waals surface area contributed by atoms with Gasteiger partial charge in [0.05, 0.1) is 19.3 Å². The number of carbonyl (C=O) groups is 1. The molecule has 1 aromatic carbocycles. The Kier molecular flexibility index (Phi) is 9.91. The summed E-state index contributed by atoms with van der Waals surface area (Å²) in [4.78, 5) is 16.2. The summed E-state index contributed by atoms with van der Waals surface area (Å²) in [6.45, 7) is 5.95. The van der Waals surface area contributed by atoms with Crippen LogP contribution in [0.3, 0.4) is 0 Å². The maximum Gasteiger partial charge on any atom is 0.236 e. The first kappa shape index (κ1) is 25.1. The molecule has 1 aliphatic heterocycles. The summed E-state index contributed by atoms with van der Waals surface area (Å²) in [5, 5.41) is 6.95. The van der Waals surface area contributed by atoms with Gasteiger partial charge in [0.25, 0.3) is 0 Å². The normalized spacial score (nSPS) is 26.8. The fourth-order valence-corrected chi connectivity index (χ4v) is 5.00. The van der Waals surface area contributed by atoms with Gasteiger partial charge in [-0.3, -0.25) is 9.69 Å². The van der Waals surface area contributed by atoms with Crippen LogP contribution in [-0.2, 0) is 9.53 Å². The van der Waals surface area contributed by atoms with Gasteiger partial charge in [-0.2, -0.15) is 0 Å². The number of hydrogen-bond acceptors (Lipinski definition) is 5. The number of hydrogen-bond donors (Lipinski definition) is 2. The van der Waals surface area contributed by atoms with E-state index in [9.17, 15) is 9.18 Å². The maximum atomic E-state index is 14.2. The minimum absolute atomic E-state index is 0.0840. The average Bonchev–Trinajstić information content (AvgIpc) is 2.81. The zero-order valence-electron chi connectivity index (χ0n) is 20.0. The number of ether oxygens (including phenoxy) is 1. The summed E-state index contributed by atoms with van der Waals surface area (Å²) in [5.41, 5.74) is 0.852. The molecule has 2 fully saturated rings. The molecule has 3 rings (SSSR count). The first-order chi connectivity index (χ1) is 15.5. The number of amides is 1. The predicted molar refractivity (Wildman–Crippen MR) is 126 cm³/mol. The van der Waals surface area contributed by atoms with Crippen molar-refractivity contribution in [3.63, 3.8) is 0 Å². The number of halogens is 1. The Hall–Kier alpha value is -1.54. The average molecular weight is 449 g/mol. The standard InChI is InChI=1S/C25H41FN4O2/c1-4-27-18-30-15-7-10-23(28-16-25(31)29(2)3)24(30)17-32-20-13-11-19(12-14-20)21-8-5-6-9-22(21)26/h5-6,8-9,19-20,23-24,27-28H,4,7,10-18H2,1-3H3/t19-,20+,23?,24?. The zero-order valence-corrected chi connectivity index (χ0v) is 20.0. The molecule has 1 saturated carbocycles. The SMILES string of the molecule is CCNCN1CCCC(NCC(=O)N(C)C)C1CO[C@H]1CC[C@@H](c2ccccc2F)CC1. The molecule has 1 heterocycles. The van der Waals surface area contributed by atoms with E-state index in [0.717, 1.165) is 63.8 Å². The molecule has 1 amide bonds. The summed E-state index contributed by atoms with van der Waals surface area (Å²) in [6.07, 6.45) is 6.27. The Morgan fingerprint density at radius 1 is 1.19 bits per heavy atom. The molecule has 1 aliphatic carbocycles. The van der Waals surface area contributed by atoms with E-state index in [1.54, 1.807) is 31.1 Å². The lowest BCUT2D eigenvalue weighted by Crippen LogP contribution is -2.59. The smallest absolute Gasteiger partial charge is 0.236 e. The number of benzene rings is 1. The van der Waals surface area contributed by atoms with E-state index < -0.39 is 0 Å². The Morgan fingerprint density at radius 3 is 2.62 bits per heavy atom. The quantitative estimate of drug-likeness (QED) is 0.576. The number of rotatable bonds is 10. The van der Waals surface area contributed by atoms with Gasteiger partial charge in [0.15, 0.2) is 0 Å². The molecule has 2 N–H and O–H groups in total. The van der Waals surface area contributed by atoms with E-state index in [0.29, 0.717) is 19.1 Å². The van der Waals surface area contributed by atoms with Gasteiger partial charge >= 0.3 is 0 Å². The fraction of sp³-hybridized carbons (Fsp3) is 0.720. The highest BCUT2D eigenvalue weighted by atomic mass is 19.1. The van der Waals surface area contributed by atoms with Crippen LogP contribution in [0, 0.1) is 5.82 Å². The van der Waals surface area contributed by atoms with Crippen LogP contribution in [0.1, 0.15) is 56.9 Å². The molecule has 6 nitrogen and oxygen atoms in total. The van der Waals surface area contributed by atoms with Crippen molar-refractivity contribution >= 4 is 5.91 Å². The number of piperidine rings is 1. The minimum Gasteiger partial charge on any atom is -0.377 e. The Balaban J connectivity index is 1.54. The molecule has 2 aliphatic rings. The lowest BCUT2D eigenvalue weighted by Gasteiger charge is -2.42. The van der Waals surface area contributed by atoms with Gasteiger partial charge in [-0.05, 0) is 69.2 Å². The van der Waals surface area contributed by atoms with E-state index >= 15 is 0 Å². The van der Waals surface area contributed by atoms with E-state index in [2.05, 4.69) is 22.5 Å². The highest BCUT2D eigenvalue weighted by Gasteiger charge is 2.33. The molecule has 0 radical (unpaired) electrons. The Morgan fingerprint density at radius 2 is 1.94 bits per heavy atom. The number of nitrogens with zero attached hydrogens (tertiary/aromatic N) is 2. The first-order valence-corrected chi connectivity index (χ1v) is 12.2. The highest BCUT2D eigenvalue weighted by Crippen LogP contribution is 2.35. The second-order valence-corrected chi connectivity index (χ2v) is 9.39. The molecule has 180 valence electrons. The largest absolute Gasteiger partial charge is 0.377 e. The molecule has 32 heavy (non-hydrogen) atoms. The molecule has 0 spiro atoms. The maximum absolute atomic E-state index is 14.2. The van der Waals surface area contributed by atoms with Crippen molar-refractivity contribution in [1.29, 1.82) is 0 Å². The van der Waals surface area contributed by atoms with Crippen LogP contribution >= 0.6 is 0 Å². The predicted octanol–water partition coefficient (Wildman–Crippen LogP) is 2.95. The van der Waals surface area contributed by atoms with E-state index in [-0.39, 0.29) is 29.9 Å². The number of nitrogens with one attached hydrogen (secondary N) is 2. The summed E-state index contributed by atoms with van der Waals surface area (Å²) in [5.74, 6) is 0.307. The van der Waals surface area contributed by atoms with E-state index in [1.807, 2.05) is 12.1 Å². The molecule has 1 saturated heterocycles. The second kappa shape index (κ2) is 12.6. The number of likely N-dealkylation sites (N-methyl/N-ethyl adjacent to an activating group) is 1. The minimum atomic E-state index is -0.0840. The fourth-order valence-electron chi connectivity index (χ4n) is 5.00. The molecule has 0 aromatic heterocycles. The topological polar surface area (TPSA) is 56.8 Å². The summed E-state index contributed by atoms with van der Waals surface area (Å²) in [6, 6.07) is 7.65. The van der Waals surface area contributed by atoms with Crippen LogP contribution in [-0.4, -0.2) is 80.9 Å². The number of carbonyl (C=O) groups excluding carboxylic acids is 1. The Bertz CT molecular complexity index is 709. The monoisotopic (exact) mass is 448 g/mol. The van der Waals surface area contributed by atoms with Gasteiger partial charge in [-0.25, -0.2) is 4.39 Å². The summed E-state index contributed by atoms with van der Waals surface area (Å²) in [7, 11) is 3.58. The van der Waals surface area contributed by atoms with Crippen molar-refractivity contribution in [2.24, 2.45) is 0 Å². The third-order valence-corrected chi connectivity index (χ3v) is 7.00. The van der Waals surface area contributed by atoms with Crippen molar-refractivity contribution in [3.8, 4) is 0 Å². The van der Waals surface area contributed by atoms with Gasteiger partial charge in [-0.15, -0.1) is 0 Å². The van der Waals surface area contributed by atoms with Gasteiger partial charge in [-0.1, -0.05) is 25.1 Å². The lowest BCUT2D eigenvalue weighted by atomic mass is 9.82. The highest BCUT2D eigenvalue weighted by molar-refractivity contribution is 5.77.